The number of rotatable bonds is 5. The Bertz CT molecular complexity index is 883. The van der Waals surface area contributed by atoms with Crippen LogP contribution < -0.4 is 4.74 Å². The summed E-state index contributed by atoms with van der Waals surface area (Å²) in [5.74, 6) is 1.34. The van der Waals surface area contributed by atoms with Gasteiger partial charge in [-0.15, -0.1) is 0 Å². The van der Waals surface area contributed by atoms with Crippen molar-refractivity contribution in [2.24, 2.45) is 0 Å². The second kappa shape index (κ2) is 7.11. The van der Waals surface area contributed by atoms with Crippen molar-refractivity contribution in [1.82, 2.24) is 10.1 Å². The van der Waals surface area contributed by atoms with Gasteiger partial charge in [0.25, 0.3) is 5.91 Å². The van der Waals surface area contributed by atoms with Crippen LogP contribution in [0.25, 0.3) is 0 Å². The van der Waals surface area contributed by atoms with Gasteiger partial charge >= 0.3 is 0 Å². The van der Waals surface area contributed by atoms with Crippen LogP contribution in [0.3, 0.4) is 0 Å². The van der Waals surface area contributed by atoms with E-state index in [1.54, 1.807) is 31.3 Å². The third kappa shape index (κ3) is 3.90. The van der Waals surface area contributed by atoms with Gasteiger partial charge in [0.2, 0.25) is 0 Å². The van der Waals surface area contributed by atoms with E-state index in [0.717, 1.165) is 17.0 Å². The van der Waals surface area contributed by atoms with E-state index in [2.05, 4.69) is 5.16 Å². The number of hydrogen-bond acceptors (Lipinski definition) is 6. The minimum Gasteiger partial charge on any atom is -0.489 e. The van der Waals surface area contributed by atoms with Crippen molar-refractivity contribution in [2.75, 3.05) is 18.6 Å². The number of carbonyl (C=O) groups excluding carboxylic acids is 1. The highest BCUT2D eigenvalue weighted by Crippen LogP contribution is 2.21. The molecule has 0 saturated carbocycles. The van der Waals surface area contributed by atoms with Gasteiger partial charge in [0.05, 0.1) is 22.8 Å². The van der Waals surface area contributed by atoms with Gasteiger partial charge in [-0.3, -0.25) is 4.79 Å². The first-order valence-electron chi connectivity index (χ1n) is 8.39. The highest BCUT2D eigenvalue weighted by molar-refractivity contribution is 7.91. The molecule has 1 saturated heterocycles. The number of amides is 1. The van der Waals surface area contributed by atoms with Crippen LogP contribution in [0.15, 0.2) is 28.8 Å². The van der Waals surface area contributed by atoms with Crippen LogP contribution in [0, 0.1) is 13.8 Å². The average molecular weight is 378 g/mol. The zero-order valence-corrected chi connectivity index (χ0v) is 15.9. The lowest BCUT2D eigenvalue weighted by Crippen LogP contribution is -2.37. The summed E-state index contributed by atoms with van der Waals surface area (Å²) in [5.41, 5.74) is 2.20. The van der Waals surface area contributed by atoms with Crippen LogP contribution in [0.4, 0.5) is 0 Å². The monoisotopic (exact) mass is 378 g/mol. The topological polar surface area (TPSA) is 89.7 Å². The summed E-state index contributed by atoms with van der Waals surface area (Å²) in [6.07, 6.45) is 0.489. The van der Waals surface area contributed by atoms with Gasteiger partial charge in [-0.2, -0.15) is 0 Å². The zero-order valence-electron chi connectivity index (χ0n) is 15.1. The van der Waals surface area contributed by atoms with Crippen molar-refractivity contribution in [1.29, 1.82) is 0 Å². The highest BCUT2D eigenvalue weighted by atomic mass is 32.2. The molecule has 26 heavy (non-hydrogen) atoms. The van der Waals surface area contributed by atoms with Crippen molar-refractivity contribution in [3.8, 4) is 5.75 Å². The largest absolute Gasteiger partial charge is 0.489 e. The van der Waals surface area contributed by atoms with E-state index in [0.29, 0.717) is 24.3 Å². The molecule has 1 atom stereocenters. The number of nitrogens with zero attached hydrogens (tertiary/aromatic N) is 2. The van der Waals surface area contributed by atoms with Crippen LogP contribution in [-0.4, -0.2) is 49.0 Å². The van der Waals surface area contributed by atoms with Crippen molar-refractivity contribution in [3.05, 3.63) is 46.8 Å². The van der Waals surface area contributed by atoms with Crippen LogP contribution in [0.5, 0.6) is 5.75 Å². The Balaban J connectivity index is 1.63. The summed E-state index contributed by atoms with van der Waals surface area (Å²) < 4.78 is 34.0. The molecule has 1 aromatic heterocycles. The zero-order chi connectivity index (χ0) is 18.9. The molecule has 0 radical (unpaired) electrons. The van der Waals surface area contributed by atoms with Crippen LogP contribution >= 0.6 is 0 Å². The van der Waals surface area contributed by atoms with E-state index in [4.69, 9.17) is 9.26 Å². The summed E-state index contributed by atoms with van der Waals surface area (Å²) in [7, 11) is -1.38. The second-order valence-corrected chi connectivity index (χ2v) is 8.82. The van der Waals surface area contributed by atoms with E-state index in [9.17, 15) is 13.2 Å². The Morgan fingerprint density at radius 2 is 2.00 bits per heavy atom. The van der Waals surface area contributed by atoms with E-state index in [-0.39, 0.29) is 23.5 Å². The molecule has 1 amide bonds. The number of hydrogen-bond donors (Lipinski definition) is 0. The van der Waals surface area contributed by atoms with Crippen LogP contribution in [0.1, 0.15) is 33.8 Å². The molecule has 1 aliphatic rings. The molecule has 0 N–H and O–H groups in total. The van der Waals surface area contributed by atoms with Crippen molar-refractivity contribution in [3.63, 3.8) is 0 Å². The number of aromatic nitrogens is 1. The van der Waals surface area contributed by atoms with Gasteiger partial charge < -0.3 is 14.2 Å². The molecule has 2 aromatic rings. The molecule has 0 spiro atoms. The minimum atomic E-state index is -3.03. The van der Waals surface area contributed by atoms with E-state index < -0.39 is 9.84 Å². The lowest BCUT2D eigenvalue weighted by molar-refractivity contribution is 0.0747. The van der Waals surface area contributed by atoms with Crippen LogP contribution in [0.2, 0.25) is 0 Å². The Morgan fingerprint density at radius 3 is 2.54 bits per heavy atom. The number of benzene rings is 1. The fourth-order valence-corrected chi connectivity index (χ4v) is 4.78. The van der Waals surface area contributed by atoms with Crippen molar-refractivity contribution < 1.29 is 22.5 Å². The quantitative estimate of drug-likeness (QED) is 0.792. The summed E-state index contributed by atoms with van der Waals surface area (Å²) in [6, 6.07) is 6.56. The molecule has 2 heterocycles. The molecule has 7 nitrogen and oxygen atoms in total. The maximum absolute atomic E-state index is 12.6. The summed E-state index contributed by atoms with van der Waals surface area (Å²) >= 11 is 0. The number of aryl methyl sites for hydroxylation is 2. The standard InChI is InChI=1S/C18H22N2O5S/c1-12-17(13(2)25-19-12)10-24-16-6-4-14(5-7-16)18(21)20(3)15-8-9-26(22,23)11-15/h4-7,15H,8-11H2,1-3H3. The first-order chi connectivity index (χ1) is 12.3. The maximum Gasteiger partial charge on any atom is 0.253 e. The summed E-state index contributed by atoms with van der Waals surface area (Å²) in [4.78, 5) is 14.1. The maximum atomic E-state index is 12.6. The Kier molecular flexibility index (Phi) is 5.04. The van der Waals surface area contributed by atoms with Gasteiger partial charge in [-0.05, 0) is 44.5 Å². The van der Waals surface area contributed by atoms with Gasteiger partial charge in [0.15, 0.2) is 9.84 Å². The van der Waals surface area contributed by atoms with Gasteiger partial charge in [0, 0.05) is 18.7 Å². The molecule has 8 heteroatoms. The molecule has 140 valence electrons. The van der Waals surface area contributed by atoms with E-state index in [1.807, 2.05) is 13.8 Å². The van der Waals surface area contributed by atoms with Crippen molar-refractivity contribution in [2.45, 2.75) is 32.9 Å². The molecule has 1 unspecified atom stereocenters. The Labute approximate surface area is 152 Å². The highest BCUT2D eigenvalue weighted by Gasteiger charge is 2.33. The summed E-state index contributed by atoms with van der Waals surface area (Å²) in [5, 5.41) is 3.89. The first-order valence-corrected chi connectivity index (χ1v) is 10.2. The fraction of sp³-hybridized carbons (Fsp3) is 0.444. The Hall–Kier alpha value is -2.35. The number of sulfone groups is 1. The molecular formula is C18H22N2O5S. The van der Waals surface area contributed by atoms with Gasteiger partial charge in [-0.1, -0.05) is 5.16 Å². The van der Waals surface area contributed by atoms with Gasteiger partial charge in [0.1, 0.15) is 18.1 Å². The second-order valence-electron chi connectivity index (χ2n) is 6.59. The molecule has 0 aliphatic carbocycles. The molecule has 1 aliphatic heterocycles. The molecule has 1 aromatic carbocycles. The lowest BCUT2D eigenvalue weighted by atomic mass is 10.1. The average Bonchev–Trinajstić information content (AvgIpc) is 3.14. The number of carbonyl (C=O) groups is 1. The third-order valence-electron chi connectivity index (χ3n) is 4.74. The predicted molar refractivity (Wildman–Crippen MR) is 95.9 cm³/mol. The molecule has 0 bridgehead atoms. The predicted octanol–water partition coefficient (Wildman–Crippen LogP) is 2.13. The fourth-order valence-electron chi connectivity index (χ4n) is 3.01. The number of ether oxygens (including phenoxy) is 1. The van der Waals surface area contributed by atoms with Crippen LogP contribution in [-0.2, 0) is 16.4 Å². The molecular weight excluding hydrogens is 356 g/mol. The normalized spacial score (nSPS) is 18.7. The minimum absolute atomic E-state index is 0.0356. The third-order valence-corrected chi connectivity index (χ3v) is 6.49. The lowest BCUT2D eigenvalue weighted by Gasteiger charge is -2.23. The Morgan fingerprint density at radius 1 is 1.31 bits per heavy atom. The van der Waals surface area contributed by atoms with Gasteiger partial charge in [-0.25, -0.2) is 8.42 Å². The first kappa shape index (κ1) is 18.4. The molecule has 1 fully saturated rings. The van der Waals surface area contributed by atoms with E-state index >= 15 is 0 Å². The molecule has 3 rings (SSSR count). The van der Waals surface area contributed by atoms with E-state index in [1.165, 1.54) is 4.90 Å². The smallest absolute Gasteiger partial charge is 0.253 e. The van der Waals surface area contributed by atoms with Crippen molar-refractivity contribution >= 4 is 15.7 Å². The summed E-state index contributed by atoms with van der Waals surface area (Å²) in [6.45, 7) is 4.03. The SMILES string of the molecule is Cc1noc(C)c1COc1ccc(C(=O)N(C)C2CCS(=O)(=O)C2)cc1.